The van der Waals surface area contributed by atoms with Crippen LogP contribution in [0.1, 0.15) is 43.7 Å². The van der Waals surface area contributed by atoms with E-state index in [9.17, 15) is 22.4 Å². The van der Waals surface area contributed by atoms with E-state index in [0.29, 0.717) is 43.9 Å². The second kappa shape index (κ2) is 8.39. The Bertz CT molecular complexity index is 868. The van der Waals surface area contributed by atoms with Crippen LogP contribution in [-0.2, 0) is 11.0 Å². The molecule has 3 rings (SSSR count). The number of halogens is 4. The molecule has 1 aromatic heterocycles. The van der Waals surface area contributed by atoms with Crippen LogP contribution in [0.2, 0.25) is 0 Å². The third kappa shape index (κ3) is 5.25. The summed E-state index contributed by atoms with van der Waals surface area (Å²) in [5, 5.41) is 0. The fraction of sp³-hybridized carbons (Fsp3) is 0.429. The van der Waals surface area contributed by atoms with Crippen LogP contribution < -0.4 is 9.64 Å². The summed E-state index contributed by atoms with van der Waals surface area (Å²) in [6.45, 7) is 4.32. The molecule has 8 heteroatoms. The number of pyridine rings is 1. The zero-order valence-corrected chi connectivity index (χ0v) is 16.2. The SMILES string of the molecule is CC(=O)C[C@@H](C)c1ccc(O[C@@H]2CCN(c3ncc(C(F)(F)F)cc3F)C2)cc1. The van der Waals surface area contributed by atoms with Gasteiger partial charge in [0.05, 0.1) is 12.1 Å². The summed E-state index contributed by atoms with van der Waals surface area (Å²) in [6, 6.07) is 7.94. The van der Waals surface area contributed by atoms with E-state index in [0.717, 1.165) is 5.56 Å². The molecule has 0 N–H and O–H groups in total. The first kappa shape index (κ1) is 21.1. The molecule has 29 heavy (non-hydrogen) atoms. The van der Waals surface area contributed by atoms with E-state index in [2.05, 4.69) is 4.98 Å². The number of hydrogen-bond donors (Lipinski definition) is 0. The predicted molar refractivity (Wildman–Crippen MR) is 101 cm³/mol. The highest BCUT2D eigenvalue weighted by Crippen LogP contribution is 2.32. The van der Waals surface area contributed by atoms with Gasteiger partial charge in [0.15, 0.2) is 11.6 Å². The number of alkyl halides is 3. The number of aromatic nitrogens is 1. The van der Waals surface area contributed by atoms with E-state index in [1.165, 1.54) is 0 Å². The van der Waals surface area contributed by atoms with Crippen molar-refractivity contribution < 1.29 is 27.1 Å². The topological polar surface area (TPSA) is 42.4 Å². The van der Waals surface area contributed by atoms with Gasteiger partial charge in [-0.05, 0) is 36.6 Å². The fourth-order valence-corrected chi connectivity index (χ4v) is 3.45. The number of rotatable bonds is 6. The van der Waals surface area contributed by atoms with E-state index in [1.807, 2.05) is 31.2 Å². The maximum Gasteiger partial charge on any atom is 0.417 e. The van der Waals surface area contributed by atoms with Crippen LogP contribution in [0.5, 0.6) is 5.75 Å². The zero-order valence-electron chi connectivity index (χ0n) is 16.2. The third-order valence-corrected chi connectivity index (χ3v) is 4.94. The fourth-order valence-electron chi connectivity index (χ4n) is 3.45. The number of ether oxygens (including phenoxy) is 1. The number of hydrogen-bond acceptors (Lipinski definition) is 4. The van der Waals surface area contributed by atoms with Gasteiger partial charge < -0.3 is 14.4 Å². The Hall–Kier alpha value is -2.64. The zero-order chi connectivity index (χ0) is 21.2. The van der Waals surface area contributed by atoms with Crippen molar-refractivity contribution in [1.29, 1.82) is 0 Å². The van der Waals surface area contributed by atoms with E-state index in [1.54, 1.807) is 11.8 Å². The molecule has 0 radical (unpaired) electrons. The van der Waals surface area contributed by atoms with Crippen LogP contribution in [0.3, 0.4) is 0 Å². The number of anilines is 1. The predicted octanol–water partition coefficient (Wildman–Crippen LogP) is 4.98. The van der Waals surface area contributed by atoms with Crippen LogP contribution >= 0.6 is 0 Å². The van der Waals surface area contributed by atoms with Crippen LogP contribution in [-0.4, -0.2) is 30.0 Å². The van der Waals surface area contributed by atoms with Crippen LogP contribution in [0.25, 0.3) is 0 Å². The molecule has 0 amide bonds. The van der Waals surface area contributed by atoms with Gasteiger partial charge in [0, 0.05) is 25.6 Å². The molecular weight excluding hydrogens is 388 g/mol. The molecule has 2 heterocycles. The van der Waals surface area contributed by atoms with Crippen molar-refractivity contribution in [2.24, 2.45) is 0 Å². The normalized spacial score (nSPS) is 18.0. The molecule has 0 unspecified atom stereocenters. The number of ketones is 1. The number of carbonyl (C=O) groups is 1. The monoisotopic (exact) mass is 410 g/mol. The van der Waals surface area contributed by atoms with E-state index < -0.39 is 17.6 Å². The summed E-state index contributed by atoms with van der Waals surface area (Å²) >= 11 is 0. The van der Waals surface area contributed by atoms with Gasteiger partial charge in [0.2, 0.25) is 0 Å². The molecule has 2 atom stereocenters. The van der Waals surface area contributed by atoms with Gasteiger partial charge >= 0.3 is 6.18 Å². The second-order valence-corrected chi connectivity index (χ2v) is 7.38. The first-order valence-corrected chi connectivity index (χ1v) is 9.37. The minimum Gasteiger partial charge on any atom is -0.489 e. The minimum absolute atomic E-state index is 0.0995. The van der Waals surface area contributed by atoms with Crippen LogP contribution in [0.4, 0.5) is 23.4 Å². The summed E-state index contributed by atoms with van der Waals surface area (Å²) in [7, 11) is 0. The Morgan fingerprint density at radius 3 is 2.59 bits per heavy atom. The van der Waals surface area contributed by atoms with Crippen molar-refractivity contribution in [1.82, 2.24) is 4.98 Å². The highest BCUT2D eigenvalue weighted by atomic mass is 19.4. The number of benzene rings is 1. The Morgan fingerprint density at radius 1 is 1.31 bits per heavy atom. The largest absolute Gasteiger partial charge is 0.489 e. The lowest BCUT2D eigenvalue weighted by molar-refractivity contribution is -0.138. The quantitative estimate of drug-likeness (QED) is 0.630. The van der Waals surface area contributed by atoms with Crippen molar-refractivity contribution in [3.63, 3.8) is 0 Å². The van der Waals surface area contributed by atoms with Crippen molar-refractivity contribution in [3.8, 4) is 5.75 Å². The van der Waals surface area contributed by atoms with E-state index in [4.69, 9.17) is 4.74 Å². The lowest BCUT2D eigenvalue weighted by Crippen LogP contribution is -2.26. The van der Waals surface area contributed by atoms with Gasteiger partial charge in [0.25, 0.3) is 0 Å². The average molecular weight is 410 g/mol. The first-order valence-electron chi connectivity index (χ1n) is 9.37. The molecule has 2 aromatic rings. The summed E-state index contributed by atoms with van der Waals surface area (Å²) in [5.41, 5.74) is -0.0681. The first-order chi connectivity index (χ1) is 13.6. The Kier molecular flexibility index (Phi) is 6.10. The van der Waals surface area contributed by atoms with Gasteiger partial charge in [-0.1, -0.05) is 19.1 Å². The molecule has 1 aromatic carbocycles. The summed E-state index contributed by atoms with van der Waals surface area (Å²) in [5.74, 6) is -0.191. The molecule has 0 saturated carbocycles. The van der Waals surface area contributed by atoms with Crippen LogP contribution in [0, 0.1) is 5.82 Å². The van der Waals surface area contributed by atoms with E-state index >= 15 is 0 Å². The lowest BCUT2D eigenvalue weighted by atomic mass is 9.96. The average Bonchev–Trinajstić information content (AvgIpc) is 3.09. The third-order valence-electron chi connectivity index (χ3n) is 4.94. The maximum atomic E-state index is 14.1. The van der Waals surface area contributed by atoms with Crippen molar-refractivity contribution in [2.45, 2.75) is 44.9 Å². The highest BCUT2D eigenvalue weighted by molar-refractivity contribution is 5.76. The Morgan fingerprint density at radius 2 is 2.00 bits per heavy atom. The molecule has 0 spiro atoms. The van der Waals surface area contributed by atoms with E-state index in [-0.39, 0.29) is 23.6 Å². The number of Topliss-reactive ketones (excluding diaryl/α,β-unsaturated/α-hetero) is 1. The summed E-state index contributed by atoms with van der Waals surface area (Å²) in [4.78, 5) is 16.5. The lowest BCUT2D eigenvalue weighted by Gasteiger charge is -2.19. The molecule has 1 saturated heterocycles. The van der Waals surface area contributed by atoms with Gasteiger partial charge in [-0.15, -0.1) is 0 Å². The molecular formula is C21H22F4N2O2. The van der Waals surface area contributed by atoms with Crippen molar-refractivity contribution in [2.75, 3.05) is 18.0 Å². The van der Waals surface area contributed by atoms with Gasteiger partial charge in [-0.25, -0.2) is 9.37 Å². The molecule has 156 valence electrons. The molecule has 0 aliphatic carbocycles. The van der Waals surface area contributed by atoms with Crippen molar-refractivity contribution in [3.05, 3.63) is 53.5 Å². The van der Waals surface area contributed by atoms with Gasteiger partial charge in [-0.2, -0.15) is 13.2 Å². The molecule has 1 fully saturated rings. The standard InChI is InChI=1S/C21H22F4N2O2/c1-13(9-14(2)28)15-3-5-17(6-4-15)29-18-7-8-27(12-18)20-19(22)10-16(11-26-20)21(23,24)25/h3-6,10-11,13,18H,7-9,12H2,1-2H3/t13-,18-/m1/s1. The molecule has 1 aliphatic heterocycles. The maximum absolute atomic E-state index is 14.1. The number of nitrogens with zero attached hydrogens (tertiary/aromatic N) is 2. The Balaban J connectivity index is 1.61. The Labute approximate surface area is 166 Å². The summed E-state index contributed by atoms with van der Waals surface area (Å²) in [6.07, 6.45) is -3.13. The van der Waals surface area contributed by atoms with Crippen molar-refractivity contribution >= 4 is 11.6 Å². The second-order valence-electron chi connectivity index (χ2n) is 7.38. The summed E-state index contributed by atoms with van der Waals surface area (Å²) < 4.78 is 58.0. The molecule has 1 aliphatic rings. The van der Waals surface area contributed by atoms with Gasteiger partial charge in [0.1, 0.15) is 17.6 Å². The highest BCUT2D eigenvalue weighted by Gasteiger charge is 2.33. The smallest absolute Gasteiger partial charge is 0.417 e. The van der Waals surface area contributed by atoms with Gasteiger partial charge in [-0.3, -0.25) is 0 Å². The van der Waals surface area contributed by atoms with Crippen LogP contribution in [0.15, 0.2) is 36.5 Å². The number of carbonyl (C=O) groups excluding carboxylic acids is 1. The minimum atomic E-state index is -4.63. The molecule has 0 bridgehead atoms. The molecule has 4 nitrogen and oxygen atoms in total.